The number of aliphatic hydroxyl groups excluding tert-OH is 1. The van der Waals surface area contributed by atoms with Crippen LogP contribution in [0, 0.1) is 0 Å². The van der Waals surface area contributed by atoms with Crippen LogP contribution in [0.5, 0.6) is 11.5 Å². The van der Waals surface area contributed by atoms with E-state index < -0.39 is 28.0 Å². The highest BCUT2D eigenvalue weighted by atomic mass is 32.2. The van der Waals surface area contributed by atoms with Gasteiger partial charge in [-0.2, -0.15) is 0 Å². The summed E-state index contributed by atoms with van der Waals surface area (Å²) >= 11 is 0. The largest absolute Gasteiger partial charge is 0.573 e. The zero-order valence-corrected chi connectivity index (χ0v) is 19.1. The van der Waals surface area contributed by atoms with Crippen molar-refractivity contribution in [1.82, 2.24) is 0 Å². The van der Waals surface area contributed by atoms with Crippen LogP contribution in [-0.4, -0.2) is 39.5 Å². The Labute approximate surface area is 199 Å². The maximum atomic E-state index is 12.8. The second-order valence-electron chi connectivity index (χ2n) is 7.25. The highest BCUT2D eigenvalue weighted by molar-refractivity contribution is 7.89. The van der Waals surface area contributed by atoms with Crippen molar-refractivity contribution >= 4 is 21.6 Å². The van der Waals surface area contributed by atoms with Gasteiger partial charge in [0.1, 0.15) is 16.4 Å². The van der Waals surface area contributed by atoms with Crippen molar-refractivity contribution in [2.75, 3.05) is 19.0 Å². The van der Waals surface area contributed by atoms with Crippen molar-refractivity contribution in [1.29, 1.82) is 0 Å². The third kappa shape index (κ3) is 6.50. The predicted octanol–water partition coefficient (Wildman–Crippen LogP) is 3.70. The molecule has 0 saturated heterocycles. The minimum atomic E-state index is -4.89. The molecule has 3 rings (SSSR count). The maximum absolute atomic E-state index is 12.8. The van der Waals surface area contributed by atoms with Crippen molar-refractivity contribution in [3.8, 4) is 22.6 Å². The Hall–Kier alpha value is -3.61. The van der Waals surface area contributed by atoms with Gasteiger partial charge in [-0.1, -0.05) is 24.3 Å². The van der Waals surface area contributed by atoms with E-state index in [1.54, 1.807) is 6.07 Å². The maximum Gasteiger partial charge on any atom is 0.573 e. The number of halogens is 3. The number of amides is 1. The number of rotatable bonds is 8. The normalized spacial score (nSPS) is 11.7. The SMILES string of the molecule is COc1cc(C(=O)Nc2ccc(-c3ccccc3OC(F)(F)F)c(CCO)c2)ccc1S(N)(=O)=O. The lowest BCUT2D eigenvalue weighted by atomic mass is 9.96. The average molecular weight is 510 g/mol. The molecule has 3 aromatic carbocycles. The van der Waals surface area contributed by atoms with Crippen LogP contribution in [0.1, 0.15) is 15.9 Å². The van der Waals surface area contributed by atoms with E-state index in [1.807, 2.05) is 0 Å². The number of anilines is 1. The summed E-state index contributed by atoms with van der Waals surface area (Å²) in [6.07, 6.45) is -4.79. The summed E-state index contributed by atoms with van der Waals surface area (Å²) < 4.78 is 70.9. The molecule has 12 heteroatoms. The zero-order chi connectivity index (χ0) is 25.8. The molecule has 8 nitrogen and oxygen atoms in total. The number of carbonyl (C=O) groups is 1. The fourth-order valence-corrected chi connectivity index (χ4v) is 4.09. The van der Waals surface area contributed by atoms with E-state index in [4.69, 9.17) is 9.88 Å². The molecule has 1 amide bonds. The summed E-state index contributed by atoms with van der Waals surface area (Å²) in [5, 5.41) is 17.2. The Balaban J connectivity index is 1.94. The molecular formula is C23H21F3N2O6S. The highest BCUT2D eigenvalue weighted by Gasteiger charge is 2.32. The Bertz CT molecular complexity index is 1340. The third-order valence-electron chi connectivity index (χ3n) is 4.88. The van der Waals surface area contributed by atoms with Gasteiger partial charge in [-0.15, -0.1) is 13.2 Å². The number of sulfonamides is 1. The van der Waals surface area contributed by atoms with Gasteiger partial charge in [0.15, 0.2) is 0 Å². The first-order chi connectivity index (χ1) is 16.4. The molecule has 0 aliphatic carbocycles. The molecule has 0 spiro atoms. The fourth-order valence-electron chi connectivity index (χ4n) is 3.41. The Kier molecular flexibility index (Phi) is 7.68. The molecule has 4 N–H and O–H groups in total. The number of hydrogen-bond acceptors (Lipinski definition) is 6. The third-order valence-corrected chi connectivity index (χ3v) is 5.83. The van der Waals surface area contributed by atoms with Crippen LogP contribution in [-0.2, 0) is 16.4 Å². The van der Waals surface area contributed by atoms with Gasteiger partial charge in [0.05, 0.1) is 7.11 Å². The molecule has 0 aliphatic rings. The summed E-state index contributed by atoms with van der Waals surface area (Å²) in [5.74, 6) is -1.12. The second-order valence-corrected chi connectivity index (χ2v) is 8.78. The molecule has 0 radical (unpaired) electrons. The van der Waals surface area contributed by atoms with E-state index in [0.717, 1.165) is 6.07 Å². The topological polar surface area (TPSA) is 128 Å². The quantitative estimate of drug-likeness (QED) is 0.424. The molecular weight excluding hydrogens is 489 g/mol. The molecule has 0 saturated carbocycles. The van der Waals surface area contributed by atoms with E-state index in [1.165, 1.54) is 55.6 Å². The summed E-state index contributed by atoms with van der Waals surface area (Å²) in [7, 11) is -2.84. The number of alkyl halides is 3. The Morgan fingerprint density at radius 2 is 1.74 bits per heavy atom. The van der Waals surface area contributed by atoms with Crippen LogP contribution in [0.2, 0.25) is 0 Å². The van der Waals surface area contributed by atoms with Crippen LogP contribution in [0.25, 0.3) is 11.1 Å². The standard InChI is InChI=1S/C23H21F3N2O6S/c1-33-20-13-15(6-9-21(20)35(27,31)32)22(30)28-16-7-8-17(14(12-16)10-11-29)18-4-2-3-5-19(18)34-23(24,25)26/h2-9,12-13,29H,10-11H2,1H3,(H,28,30)(H2,27,31,32). The molecule has 0 unspecified atom stereocenters. The molecule has 3 aromatic rings. The first-order valence-electron chi connectivity index (χ1n) is 10.0. The Morgan fingerprint density at radius 1 is 1.03 bits per heavy atom. The molecule has 0 atom stereocenters. The van der Waals surface area contributed by atoms with E-state index in [0.29, 0.717) is 16.8 Å². The molecule has 186 valence electrons. The number of primary sulfonamides is 1. The van der Waals surface area contributed by atoms with Crippen LogP contribution in [0.3, 0.4) is 0 Å². The number of nitrogens with one attached hydrogen (secondary N) is 1. The molecule has 0 aromatic heterocycles. The zero-order valence-electron chi connectivity index (χ0n) is 18.3. The number of ether oxygens (including phenoxy) is 2. The first-order valence-corrected chi connectivity index (χ1v) is 11.6. The number of aliphatic hydroxyl groups is 1. The molecule has 0 aliphatic heterocycles. The number of benzene rings is 3. The summed E-state index contributed by atoms with van der Waals surface area (Å²) in [6.45, 7) is -0.293. The first kappa shape index (κ1) is 26.0. The Morgan fingerprint density at radius 3 is 2.37 bits per heavy atom. The van der Waals surface area contributed by atoms with Crippen LogP contribution in [0.15, 0.2) is 65.6 Å². The van der Waals surface area contributed by atoms with Gasteiger partial charge >= 0.3 is 6.36 Å². The summed E-state index contributed by atoms with van der Waals surface area (Å²) in [4.78, 5) is 12.5. The predicted molar refractivity (Wildman–Crippen MR) is 122 cm³/mol. The lowest BCUT2D eigenvalue weighted by Gasteiger charge is -2.17. The van der Waals surface area contributed by atoms with Crippen molar-refractivity contribution in [3.05, 3.63) is 71.8 Å². The molecule has 0 fully saturated rings. The number of nitrogens with two attached hydrogens (primary N) is 1. The van der Waals surface area contributed by atoms with Gasteiger partial charge in [-0.05, 0) is 53.9 Å². The van der Waals surface area contributed by atoms with Gasteiger partial charge in [-0.25, -0.2) is 13.6 Å². The van der Waals surface area contributed by atoms with Gasteiger partial charge in [0.2, 0.25) is 10.0 Å². The van der Waals surface area contributed by atoms with E-state index in [2.05, 4.69) is 10.1 Å². The number of carbonyl (C=O) groups excluding carboxylic acids is 1. The minimum absolute atomic E-state index is 0.0750. The van der Waals surface area contributed by atoms with Crippen molar-refractivity contribution in [2.45, 2.75) is 17.7 Å². The number of hydrogen-bond donors (Lipinski definition) is 3. The average Bonchev–Trinajstić information content (AvgIpc) is 2.78. The lowest BCUT2D eigenvalue weighted by molar-refractivity contribution is -0.274. The second kappa shape index (κ2) is 10.3. The van der Waals surface area contributed by atoms with Crippen molar-refractivity contribution < 1.29 is 41.0 Å². The van der Waals surface area contributed by atoms with E-state index in [-0.39, 0.29) is 34.8 Å². The van der Waals surface area contributed by atoms with Crippen LogP contribution >= 0.6 is 0 Å². The lowest BCUT2D eigenvalue weighted by Crippen LogP contribution is -2.17. The van der Waals surface area contributed by atoms with Crippen LogP contribution < -0.4 is 19.9 Å². The summed E-state index contributed by atoms with van der Waals surface area (Å²) in [5.41, 5.74) is 1.38. The minimum Gasteiger partial charge on any atom is -0.495 e. The number of methoxy groups -OCH3 is 1. The van der Waals surface area contributed by atoms with Gasteiger partial charge < -0.3 is 19.9 Å². The molecule has 35 heavy (non-hydrogen) atoms. The van der Waals surface area contributed by atoms with E-state index >= 15 is 0 Å². The summed E-state index contributed by atoms with van der Waals surface area (Å²) in [6, 6.07) is 13.7. The van der Waals surface area contributed by atoms with Gasteiger partial charge in [0, 0.05) is 23.4 Å². The smallest absolute Gasteiger partial charge is 0.495 e. The van der Waals surface area contributed by atoms with Gasteiger partial charge in [0.25, 0.3) is 5.91 Å². The highest BCUT2D eigenvalue weighted by Crippen LogP contribution is 2.36. The fraction of sp³-hybridized carbons (Fsp3) is 0.174. The molecule has 0 bridgehead atoms. The van der Waals surface area contributed by atoms with Gasteiger partial charge in [-0.3, -0.25) is 4.79 Å². The van der Waals surface area contributed by atoms with Crippen molar-refractivity contribution in [3.63, 3.8) is 0 Å². The molecule has 0 heterocycles. The monoisotopic (exact) mass is 510 g/mol. The number of para-hydroxylation sites is 1. The van der Waals surface area contributed by atoms with Crippen LogP contribution in [0.4, 0.5) is 18.9 Å². The van der Waals surface area contributed by atoms with Crippen molar-refractivity contribution in [2.24, 2.45) is 5.14 Å². The van der Waals surface area contributed by atoms with E-state index in [9.17, 15) is 31.5 Å².